The van der Waals surface area contributed by atoms with Crippen LogP contribution in [0.15, 0.2) is 18.2 Å². The molecule has 4 heteroatoms. The highest BCUT2D eigenvalue weighted by molar-refractivity contribution is 5.78. The fraction of sp³-hybridized carbons (Fsp3) is 0.682. The van der Waals surface area contributed by atoms with E-state index < -0.39 is 0 Å². The van der Waals surface area contributed by atoms with Gasteiger partial charge in [-0.25, -0.2) is 0 Å². The van der Waals surface area contributed by atoms with Gasteiger partial charge in [-0.05, 0) is 85.8 Å². The Morgan fingerprint density at radius 3 is 2.35 bits per heavy atom. The molecule has 4 aliphatic carbocycles. The molecular weight excluding hydrogens is 326 g/mol. The van der Waals surface area contributed by atoms with E-state index in [0.717, 1.165) is 41.4 Å². The Hall–Kier alpha value is -1.71. The van der Waals surface area contributed by atoms with Crippen LogP contribution in [-0.4, -0.2) is 25.7 Å². The fourth-order valence-electron chi connectivity index (χ4n) is 6.51. The number of hydrogen-bond donors (Lipinski definition) is 1. The van der Waals surface area contributed by atoms with Crippen molar-refractivity contribution in [2.45, 2.75) is 51.4 Å². The summed E-state index contributed by atoms with van der Waals surface area (Å²) in [5.74, 6) is 4.60. The van der Waals surface area contributed by atoms with Gasteiger partial charge in [0.05, 0.1) is 6.42 Å². The molecule has 0 spiro atoms. The number of rotatable bonds is 5. The predicted molar refractivity (Wildman–Crippen MR) is 99.4 cm³/mol. The summed E-state index contributed by atoms with van der Waals surface area (Å²) in [5.41, 5.74) is 1.53. The maximum Gasteiger partial charge on any atom is 0.224 e. The van der Waals surface area contributed by atoms with Gasteiger partial charge in [0.25, 0.3) is 0 Å². The minimum absolute atomic E-state index is 0.117. The summed E-state index contributed by atoms with van der Waals surface area (Å²) in [4.78, 5) is 12.4. The van der Waals surface area contributed by atoms with Crippen molar-refractivity contribution in [2.24, 2.45) is 23.2 Å². The van der Waals surface area contributed by atoms with E-state index in [0.29, 0.717) is 25.0 Å². The lowest BCUT2D eigenvalue weighted by Crippen LogP contribution is -2.47. The second-order valence-corrected chi connectivity index (χ2v) is 9.17. The van der Waals surface area contributed by atoms with Gasteiger partial charge in [-0.1, -0.05) is 6.07 Å². The topological polar surface area (TPSA) is 47.6 Å². The van der Waals surface area contributed by atoms with Crippen LogP contribution in [0.1, 0.15) is 50.5 Å². The third-order valence-corrected chi connectivity index (χ3v) is 7.11. The van der Waals surface area contributed by atoms with Crippen molar-refractivity contribution in [3.05, 3.63) is 23.8 Å². The molecule has 5 aliphatic rings. The summed E-state index contributed by atoms with van der Waals surface area (Å²) in [6, 6.07) is 5.81. The largest absolute Gasteiger partial charge is 0.486 e. The Kier molecular flexibility index (Phi) is 4.10. The Bertz CT molecular complexity index is 663. The number of hydrogen-bond acceptors (Lipinski definition) is 3. The average molecular weight is 355 g/mol. The molecule has 4 saturated carbocycles. The molecule has 0 unspecified atom stereocenters. The van der Waals surface area contributed by atoms with Crippen LogP contribution in [0.5, 0.6) is 11.5 Å². The molecule has 0 radical (unpaired) electrons. The highest BCUT2D eigenvalue weighted by Gasteiger charge is 2.50. The molecule has 1 aliphatic heterocycles. The van der Waals surface area contributed by atoms with E-state index in [-0.39, 0.29) is 5.91 Å². The number of nitrogens with one attached hydrogen (secondary N) is 1. The Balaban J connectivity index is 1.14. The fourth-order valence-corrected chi connectivity index (χ4v) is 6.51. The summed E-state index contributed by atoms with van der Waals surface area (Å²) in [6.45, 7) is 2.00. The lowest BCUT2D eigenvalue weighted by atomic mass is 9.49. The second-order valence-electron chi connectivity index (χ2n) is 9.17. The molecule has 26 heavy (non-hydrogen) atoms. The van der Waals surface area contributed by atoms with Crippen LogP contribution >= 0.6 is 0 Å². The summed E-state index contributed by atoms with van der Waals surface area (Å²) < 4.78 is 11.1. The minimum Gasteiger partial charge on any atom is -0.486 e. The van der Waals surface area contributed by atoms with Crippen LogP contribution in [0.4, 0.5) is 0 Å². The molecule has 1 heterocycles. The molecular formula is C22H29NO3. The number of carbonyl (C=O) groups is 1. The van der Waals surface area contributed by atoms with E-state index in [1.807, 2.05) is 18.2 Å². The van der Waals surface area contributed by atoms with Crippen LogP contribution < -0.4 is 14.8 Å². The third kappa shape index (κ3) is 3.19. The van der Waals surface area contributed by atoms with Gasteiger partial charge in [-0.3, -0.25) is 4.79 Å². The average Bonchev–Trinajstić information content (AvgIpc) is 2.60. The maximum atomic E-state index is 12.4. The quantitative estimate of drug-likeness (QED) is 0.876. The molecule has 1 aromatic rings. The first-order valence-corrected chi connectivity index (χ1v) is 10.3. The molecule has 1 amide bonds. The molecule has 4 nitrogen and oxygen atoms in total. The van der Waals surface area contributed by atoms with Crippen LogP contribution in [0.2, 0.25) is 0 Å². The summed E-state index contributed by atoms with van der Waals surface area (Å²) >= 11 is 0. The van der Waals surface area contributed by atoms with Gasteiger partial charge in [0, 0.05) is 6.54 Å². The van der Waals surface area contributed by atoms with Crippen LogP contribution in [0.25, 0.3) is 0 Å². The zero-order valence-electron chi connectivity index (χ0n) is 15.5. The zero-order chi connectivity index (χ0) is 17.6. The standard InChI is InChI=1S/C22H29NO3/c24-21(11-15-1-2-19-20(10-15)26-6-5-25-19)23-4-3-22-12-16-7-17(13-22)9-18(8-16)14-22/h1-2,10,16-18H,3-9,11-14H2,(H,23,24). The van der Waals surface area contributed by atoms with Crippen molar-refractivity contribution < 1.29 is 14.3 Å². The van der Waals surface area contributed by atoms with Crippen molar-refractivity contribution in [1.29, 1.82) is 0 Å². The SMILES string of the molecule is O=C(Cc1ccc2c(c1)OCCO2)NCCC12CC3CC(CC(C3)C1)C2. The first-order chi connectivity index (χ1) is 12.7. The van der Waals surface area contributed by atoms with E-state index in [1.165, 1.54) is 44.9 Å². The Morgan fingerprint density at radius 2 is 1.65 bits per heavy atom. The molecule has 0 saturated heterocycles. The number of carbonyl (C=O) groups excluding carboxylic acids is 1. The first-order valence-electron chi connectivity index (χ1n) is 10.3. The smallest absolute Gasteiger partial charge is 0.224 e. The predicted octanol–water partition coefficient (Wildman–Crippen LogP) is 3.72. The highest BCUT2D eigenvalue weighted by Crippen LogP contribution is 2.61. The third-order valence-electron chi connectivity index (χ3n) is 7.11. The van der Waals surface area contributed by atoms with Gasteiger partial charge in [0.15, 0.2) is 11.5 Å². The minimum atomic E-state index is 0.117. The van der Waals surface area contributed by atoms with Crippen molar-refractivity contribution >= 4 is 5.91 Å². The molecule has 6 rings (SSSR count). The summed E-state index contributed by atoms with van der Waals surface area (Å²) in [6.07, 6.45) is 10.3. The molecule has 4 bridgehead atoms. The second kappa shape index (κ2) is 6.47. The van der Waals surface area contributed by atoms with Gasteiger partial charge in [-0.15, -0.1) is 0 Å². The molecule has 4 fully saturated rings. The maximum absolute atomic E-state index is 12.4. The monoisotopic (exact) mass is 355 g/mol. The Morgan fingerprint density at radius 1 is 1.00 bits per heavy atom. The number of fused-ring (bicyclic) bond motifs is 1. The Labute approximate surface area is 155 Å². The number of amides is 1. The highest BCUT2D eigenvalue weighted by atomic mass is 16.6. The molecule has 0 aromatic heterocycles. The van der Waals surface area contributed by atoms with Gasteiger partial charge >= 0.3 is 0 Å². The van der Waals surface area contributed by atoms with Crippen molar-refractivity contribution in [1.82, 2.24) is 5.32 Å². The van der Waals surface area contributed by atoms with E-state index in [1.54, 1.807) is 0 Å². The molecule has 0 atom stereocenters. The van der Waals surface area contributed by atoms with Crippen molar-refractivity contribution in [3.63, 3.8) is 0 Å². The van der Waals surface area contributed by atoms with Crippen LogP contribution in [-0.2, 0) is 11.2 Å². The molecule has 1 N–H and O–H groups in total. The first kappa shape index (κ1) is 16.5. The van der Waals surface area contributed by atoms with Crippen LogP contribution in [0, 0.1) is 23.2 Å². The summed E-state index contributed by atoms with van der Waals surface area (Å²) in [7, 11) is 0. The lowest BCUT2D eigenvalue weighted by molar-refractivity contribution is -0.120. The van der Waals surface area contributed by atoms with Gasteiger partial charge < -0.3 is 14.8 Å². The van der Waals surface area contributed by atoms with Gasteiger partial charge in [0.2, 0.25) is 5.91 Å². The van der Waals surface area contributed by atoms with Crippen LogP contribution in [0.3, 0.4) is 0 Å². The van der Waals surface area contributed by atoms with E-state index in [4.69, 9.17) is 9.47 Å². The number of ether oxygens (including phenoxy) is 2. The normalized spacial score (nSPS) is 33.9. The van der Waals surface area contributed by atoms with Gasteiger partial charge in [-0.2, -0.15) is 0 Å². The lowest BCUT2D eigenvalue weighted by Gasteiger charge is -2.57. The molecule has 140 valence electrons. The van der Waals surface area contributed by atoms with E-state index in [2.05, 4.69) is 5.32 Å². The number of benzene rings is 1. The zero-order valence-corrected chi connectivity index (χ0v) is 15.5. The van der Waals surface area contributed by atoms with E-state index in [9.17, 15) is 4.79 Å². The van der Waals surface area contributed by atoms with Crippen molar-refractivity contribution in [3.8, 4) is 11.5 Å². The summed E-state index contributed by atoms with van der Waals surface area (Å²) in [5, 5.41) is 3.18. The van der Waals surface area contributed by atoms with Crippen molar-refractivity contribution in [2.75, 3.05) is 19.8 Å². The van der Waals surface area contributed by atoms with E-state index >= 15 is 0 Å². The molecule has 1 aromatic carbocycles. The van der Waals surface area contributed by atoms with Gasteiger partial charge in [0.1, 0.15) is 13.2 Å².